The molecule has 6 nitrogen and oxygen atoms in total. The molecule has 196 valence electrons. The molecule has 3 aromatic rings. The molecule has 0 amide bonds. The number of rotatable bonds is 8. The van der Waals surface area contributed by atoms with Crippen molar-refractivity contribution in [2.24, 2.45) is 11.1 Å². The van der Waals surface area contributed by atoms with E-state index in [9.17, 15) is 0 Å². The van der Waals surface area contributed by atoms with Crippen LogP contribution in [-0.2, 0) is 11.4 Å². The summed E-state index contributed by atoms with van der Waals surface area (Å²) in [6.45, 7) is 9.78. The maximum Gasteiger partial charge on any atom is 0.151 e. The van der Waals surface area contributed by atoms with Crippen LogP contribution in [0.5, 0.6) is 5.75 Å². The van der Waals surface area contributed by atoms with E-state index in [1.54, 1.807) is 0 Å². The number of nitrogens with one attached hydrogen (secondary N) is 1. The molecule has 1 N–H and O–H groups in total. The molecule has 0 aliphatic carbocycles. The van der Waals surface area contributed by atoms with E-state index in [-0.39, 0.29) is 12.0 Å². The summed E-state index contributed by atoms with van der Waals surface area (Å²) >= 11 is 0. The molecule has 3 heterocycles. The summed E-state index contributed by atoms with van der Waals surface area (Å²) < 4.78 is 6.23. The second kappa shape index (κ2) is 11.4. The number of hydrogen-bond donors (Lipinski definition) is 1. The summed E-state index contributed by atoms with van der Waals surface area (Å²) in [4.78, 5) is 11.0. The average Bonchev–Trinajstić information content (AvgIpc) is 3.37. The van der Waals surface area contributed by atoms with Crippen LogP contribution in [-0.4, -0.2) is 67.5 Å². The van der Waals surface area contributed by atoms with Gasteiger partial charge in [-0.2, -0.15) is 0 Å². The predicted octanol–water partition coefficient (Wildman–Crippen LogP) is 5.13. The number of nitrogens with zero attached hydrogens (tertiary/aromatic N) is 3. The number of oxime groups is 1. The Kier molecular flexibility index (Phi) is 7.42. The summed E-state index contributed by atoms with van der Waals surface area (Å²) in [5, 5.41) is 8.03. The standard InChI is InChI=1S/C32H36N4O2/c1-24(18-25-8-4-2-5-9-25)21-35-14-16-36(17-15-35)22-31-29-23-37-30-19-27(12-13-28(30)32(29)34-38-31)33-20-26-10-6-3-7-11-26/h2-13,18-19,29,31,33H,14-17,20-23H2,1H3/b24-18+. The molecule has 38 heavy (non-hydrogen) atoms. The van der Waals surface area contributed by atoms with Gasteiger partial charge in [-0.3, -0.25) is 9.80 Å². The van der Waals surface area contributed by atoms with Crippen LogP contribution in [0.1, 0.15) is 23.6 Å². The molecule has 0 bridgehead atoms. The molecule has 3 aliphatic heterocycles. The van der Waals surface area contributed by atoms with E-state index in [0.717, 1.165) is 68.5 Å². The zero-order valence-electron chi connectivity index (χ0n) is 22.1. The van der Waals surface area contributed by atoms with Gasteiger partial charge in [-0.15, -0.1) is 0 Å². The molecule has 2 atom stereocenters. The van der Waals surface area contributed by atoms with Crippen molar-refractivity contribution in [1.29, 1.82) is 0 Å². The van der Waals surface area contributed by atoms with E-state index in [1.807, 2.05) is 6.07 Å². The molecule has 0 radical (unpaired) electrons. The van der Waals surface area contributed by atoms with Crippen molar-refractivity contribution >= 4 is 17.5 Å². The first kappa shape index (κ1) is 24.7. The van der Waals surface area contributed by atoms with E-state index < -0.39 is 0 Å². The first-order valence-electron chi connectivity index (χ1n) is 13.7. The Morgan fingerprint density at radius 2 is 1.68 bits per heavy atom. The third-order valence-corrected chi connectivity index (χ3v) is 7.69. The van der Waals surface area contributed by atoms with Gasteiger partial charge in [0.1, 0.15) is 18.1 Å². The van der Waals surface area contributed by atoms with Crippen molar-refractivity contribution in [2.45, 2.75) is 19.6 Å². The maximum absolute atomic E-state index is 6.23. The van der Waals surface area contributed by atoms with Crippen molar-refractivity contribution in [3.05, 3.63) is 101 Å². The molecule has 0 saturated carbocycles. The predicted molar refractivity (Wildman–Crippen MR) is 154 cm³/mol. The minimum atomic E-state index is 0.0419. The highest BCUT2D eigenvalue weighted by molar-refractivity contribution is 6.06. The van der Waals surface area contributed by atoms with Gasteiger partial charge in [0.2, 0.25) is 0 Å². The lowest BCUT2D eigenvalue weighted by atomic mass is 9.90. The molecular weight excluding hydrogens is 472 g/mol. The van der Waals surface area contributed by atoms with Crippen LogP contribution in [0, 0.1) is 5.92 Å². The highest BCUT2D eigenvalue weighted by Gasteiger charge is 2.40. The Bertz CT molecular complexity index is 1280. The van der Waals surface area contributed by atoms with Crippen molar-refractivity contribution in [3.63, 3.8) is 0 Å². The fraction of sp³-hybridized carbons (Fsp3) is 0.344. The van der Waals surface area contributed by atoms with Crippen LogP contribution < -0.4 is 10.1 Å². The molecular formula is C32H36N4O2. The average molecular weight is 509 g/mol. The van der Waals surface area contributed by atoms with Gasteiger partial charge >= 0.3 is 0 Å². The molecule has 1 saturated heterocycles. The first-order chi connectivity index (χ1) is 18.7. The molecule has 2 unspecified atom stereocenters. The van der Waals surface area contributed by atoms with Crippen LogP contribution in [0.2, 0.25) is 0 Å². The summed E-state index contributed by atoms with van der Waals surface area (Å²) in [7, 11) is 0. The van der Waals surface area contributed by atoms with Crippen molar-refractivity contribution < 1.29 is 9.57 Å². The van der Waals surface area contributed by atoms with Gasteiger partial charge in [0, 0.05) is 63.1 Å². The Hall–Kier alpha value is -3.61. The monoisotopic (exact) mass is 508 g/mol. The molecule has 0 aromatic heterocycles. The largest absolute Gasteiger partial charge is 0.492 e. The number of hydrogen-bond acceptors (Lipinski definition) is 6. The fourth-order valence-corrected chi connectivity index (χ4v) is 5.60. The molecule has 6 rings (SSSR count). The smallest absolute Gasteiger partial charge is 0.151 e. The number of benzene rings is 3. The van der Waals surface area contributed by atoms with Crippen LogP contribution >= 0.6 is 0 Å². The summed E-state index contributed by atoms with van der Waals surface area (Å²) in [5.74, 6) is 1.06. The summed E-state index contributed by atoms with van der Waals surface area (Å²) in [6, 6.07) is 27.3. The summed E-state index contributed by atoms with van der Waals surface area (Å²) in [5.41, 5.74) is 7.06. The lowest BCUT2D eigenvalue weighted by molar-refractivity contribution is 0.0101. The lowest BCUT2D eigenvalue weighted by Crippen LogP contribution is -2.50. The van der Waals surface area contributed by atoms with Crippen LogP contribution in [0.4, 0.5) is 5.69 Å². The van der Waals surface area contributed by atoms with E-state index in [1.165, 1.54) is 16.7 Å². The Balaban J connectivity index is 0.997. The topological polar surface area (TPSA) is 49.3 Å². The Labute approximate surface area is 225 Å². The van der Waals surface area contributed by atoms with Crippen molar-refractivity contribution in [3.8, 4) is 5.75 Å². The third kappa shape index (κ3) is 5.77. The first-order valence-corrected chi connectivity index (χ1v) is 13.7. The zero-order chi connectivity index (χ0) is 25.7. The van der Waals surface area contributed by atoms with Crippen LogP contribution in [0.3, 0.4) is 0 Å². The normalized spacial score (nSPS) is 21.6. The Morgan fingerprint density at radius 1 is 0.947 bits per heavy atom. The highest BCUT2D eigenvalue weighted by Crippen LogP contribution is 2.36. The minimum absolute atomic E-state index is 0.0419. The van der Waals surface area contributed by atoms with Crippen molar-refractivity contribution in [2.75, 3.05) is 51.2 Å². The second-order valence-electron chi connectivity index (χ2n) is 10.6. The van der Waals surface area contributed by atoms with Gasteiger partial charge in [-0.1, -0.05) is 77.5 Å². The number of piperazine rings is 1. The molecule has 3 aromatic carbocycles. The molecule has 6 heteroatoms. The van der Waals surface area contributed by atoms with Gasteiger partial charge in [0.05, 0.1) is 5.92 Å². The van der Waals surface area contributed by atoms with Crippen LogP contribution in [0.15, 0.2) is 89.6 Å². The molecule has 0 spiro atoms. The van der Waals surface area contributed by atoms with Gasteiger partial charge in [-0.25, -0.2) is 0 Å². The maximum atomic E-state index is 6.23. The molecule has 3 aliphatic rings. The van der Waals surface area contributed by atoms with Gasteiger partial charge < -0.3 is 14.9 Å². The van der Waals surface area contributed by atoms with Crippen molar-refractivity contribution in [1.82, 2.24) is 9.80 Å². The SMILES string of the molecule is C/C(=C\c1ccccc1)CN1CCN(CC2ON=C3c4ccc(NCc5ccccc5)cc4OCC32)CC1. The van der Waals surface area contributed by atoms with Gasteiger partial charge in [0.25, 0.3) is 0 Å². The quantitative estimate of drug-likeness (QED) is 0.457. The van der Waals surface area contributed by atoms with Gasteiger partial charge in [-0.05, 0) is 30.2 Å². The zero-order valence-corrected chi connectivity index (χ0v) is 22.1. The van der Waals surface area contributed by atoms with Gasteiger partial charge in [0.15, 0.2) is 6.10 Å². The number of ether oxygens (including phenoxy) is 1. The van der Waals surface area contributed by atoms with E-state index in [0.29, 0.717) is 6.61 Å². The summed E-state index contributed by atoms with van der Waals surface area (Å²) in [6.07, 6.45) is 2.33. The van der Waals surface area contributed by atoms with E-state index in [2.05, 4.69) is 106 Å². The highest BCUT2D eigenvalue weighted by atomic mass is 16.6. The molecule has 1 fully saturated rings. The third-order valence-electron chi connectivity index (χ3n) is 7.69. The fourth-order valence-electron chi connectivity index (χ4n) is 5.60. The number of fused-ring (bicyclic) bond motifs is 3. The van der Waals surface area contributed by atoms with Crippen LogP contribution in [0.25, 0.3) is 6.08 Å². The lowest BCUT2D eigenvalue weighted by Gasteiger charge is -2.36. The van der Waals surface area contributed by atoms with E-state index >= 15 is 0 Å². The second-order valence-corrected chi connectivity index (χ2v) is 10.6. The van der Waals surface area contributed by atoms with E-state index in [4.69, 9.17) is 9.57 Å². The number of anilines is 1. The Morgan fingerprint density at radius 3 is 2.47 bits per heavy atom. The minimum Gasteiger partial charge on any atom is -0.492 e.